The van der Waals surface area contributed by atoms with Gasteiger partial charge in [0.15, 0.2) is 0 Å². The Hall–Kier alpha value is -0.730. The van der Waals surface area contributed by atoms with Crippen LogP contribution in [0.1, 0.15) is 26.3 Å². The van der Waals surface area contributed by atoms with E-state index >= 15 is 0 Å². The Morgan fingerprint density at radius 3 is 2.62 bits per heavy atom. The molecule has 0 aliphatic heterocycles. The van der Waals surface area contributed by atoms with E-state index in [4.69, 9.17) is 16.3 Å². The summed E-state index contributed by atoms with van der Waals surface area (Å²) >= 11 is 5.93. The first-order chi connectivity index (χ1) is 7.49. The van der Waals surface area contributed by atoms with Crippen molar-refractivity contribution in [1.82, 2.24) is 5.32 Å². The number of rotatable bonds is 5. The third kappa shape index (κ3) is 4.42. The molecule has 1 rings (SSSR count). The van der Waals surface area contributed by atoms with Gasteiger partial charge in [-0.15, -0.1) is 0 Å². The van der Waals surface area contributed by atoms with Gasteiger partial charge in [-0.2, -0.15) is 0 Å². The van der Waals surface area contributed by atoms with Crippen molar-refractivity contribution in [2.75, 3.05) is 6.54 Å². The monoisotopic (exact) mass is 241 g/mol. The Bertz CT molecular complexity index is 339. The van der Waals surface area contributed by atoms with Crippen LogP contribution in [0.15, 0.2) is 18.2 Å². The number of aryl methyl sites for hydroxylation is 1. The van der Waals surface area contributed by atoms with E-state index in [9.17, 15) is 0 Å². The van der Waals surface area contributed by atoms with Crippen LogP contribution in [0.3, 0.4) is 0 Å². The number of hydrogen-bond donors (Lipinski definition) is 1. The minimum Gasteiger partial charge on any atom is -0.489 e. The SMILES string of the molecule is Cc1ccc(Cl)cc1OC(C)CNC(C)C. The Morgan fingerprint density at radius 2 is 2.00 bits per heavy atom. The van der Waals surface area contributed by atoms with Crippen LogP contribution in [0, 0.1) is 6.92 Å². The summed E-state index contributed by atoms with van der Waals surface area (Å²) in [6, 6.07) is 6.19. The van der Waals surface area contributed by atoms with Gasteiger partial charge in [-0.3, -0.25) is 0 Å². The first kappa shape index (κ1) is 13.3. The van der Waals surface area contributed by atoms with Crippen molar-refractivity contribution in [2.24, 2.45) is 0 Å². The van der Waals surface area contributed by atoms with Crippen molar-refractivity contribution in [1.29, 1.82) is 0 Å². The highest BCUT2D eigenvalue weighted by Gasteiger charge is 2.07. The van der Waals surface area contributed by atoms with Crippen LogP contribution in [0.5, 0.6) is 5.75 Å². The van der Waals surface area contributed by atoms with E-state index in [-0.39, 0.29) is 6.10 Å². The lowest BCUT2D eigenvalue weighted by Crippen LogP contribution is -2.33. The molecule has 0 aliphatic carbocycles. The molecular weight excluding hydrogens is 222 g/mol. The summed E-state index contributed by atoms with van der Waals surface area (Å²) < 4.78 is 5.83. The molecule has 16 heavy (non-hydrogen) atoms. The first-order valence-electron chi connectivity index (χ1n) is 5.65. The lowest BCUT2D eigenvalue weighted by atomic mass is 10.2. The van der Waals surface area contributed by atoms with E-state index in [2.05, 4.69) is 26.1 Å². The second-order valence-electron chi connectivity index (χ2n) is 4.40. The van der Waals surface area contributed by atoms with Gasteiger partial charge in [-0.05, 0) is 31.5 Å². The molecule has 0 aromatic heterocycles. The number of benzene rings is 1. The maximum absolute atomic E-state index is 5.93. The zero-order valence-corrected chi connectivity index (χ0v) is 11.1. The standard InChI is InChI=1S/C13H20ClNO/c1-9(2)15-8-11(4)16-13-7-12(14)6-5-10(13)3/h5-7,9,11,15H,8H2,1-4H3. The molecule has 1 N–H and O–H groups in total. The van der Waals surface area contributed by atoms with Gasteiger partial charge in [0, 0.05) is 17.6 Å². The molecule has 0 amide bonds. The summed E-state index contributed by atoms with van der Waals surface area (Å²) in [6.07, 6.45) is 0.138. The number of halogens is 1. The summed E-state index contributed by atoms with van der Waals surface area (Å²) in [6.45, 7) is 9.16. The highest BCUT2D eigenvalue weighted by Crippen LogP contribution is 2.23. The molecule has 0 spiro atoms. The Kier molecular flexibility index (Phi) is 5.10. The van der Waals surface area contributed by atoms with E-state index in [1.54, 1.807) is 0 Å². The first-order valence-corrected chi connectivity index (χ1v) is 6.03. The van der Waals surface area contributed by atoms with Crippen molar-refractivity contribution < 1.29 is 4.74 Å². The summed E-state index contributed by atoms with van der Waals surface area (Å²) in [7, 11) is 0. The minimum absolute atomic E-state index is 0.138. The molecule has 0 saturated carbocycles. The van der Waals surface area contributed by atoms with Crippen LogP contribution in [-0.2, 0) is 0 Å². The largest absolute Gasteiger partial charge is 0.489 e. The predicted molar refractivity (Wildman–Crippen MR) is 69.4 cm³/mol. The molecule has 0 bridgehead atoms. The van der Waals surface area contributed by atoms with Gasteiger partial charge in [-0.1, -0.05) is 31.5 Å². The topological polar surface area (TPSA) is 21.3 Å². The highest BCUT2D eigenvalue weighted by molar-refractivity contribution is 6.30. The molecule has 2 nitrogen and oxygen atoms in total. The van der Waals surface area contributed by atoms with Crippen LogP contribution in [0.4, 0.5) is 0 Å². The van der Waals surface area contributed by atoms with Gasteiger partial charge >= 0.3 is 0 Å². The molecule has 1 aromatic carbocycles. The van der Waals surface area contributed by atoms with E-state index < -0.39 is 0 Å². The van der Waals surface area contributed by atoms with Gasteiger partial charge in [0.2, 0.25) is 0 Å². The highest BCUT2D eigenvalue weighted by atomic mass is 35.5. The van der Waals surface area contributed by atoms with Gasteiger partial charge < -0.3 is 10.1 Å². The van der Waals surface area contributed by atoms with Gasteiger partial charge in [0.05, 0.1) is 0 Å². The second-order valence-corrected chi connectivity index (χ2v) is 4.84. The molecular formula is C13H20ClNO. The molecule has 3 heteroatoms. The van der Waals surface area contributed by atoms with E-state index in [0.717, 1.165) is 17.9 Å². The van der Waals surface area contributed by atoms with Crippen LogP contribution < -0.4 is 10.1 Å². The van der Waals surface area contributed by atoms with Crippen molar-refractivity contribution in [3.05, 3.63) is 28.8 Å². The normalized spacial score (nSPS) is 12.9. The van der Waals surface area contributed by atoms with Crippen LogP contribution in [0.2, 0.25) is 5.02 Å². The molecule has 0 radical (unpaired) electrons. The van der Waals surface area contributed by atoms with Gasteiger partial charge in [0.1, 0.15) is 11.9 Å². The van der Waals surface area contributed by atoms with Crippen LogP contribution in [0.25, 0.3) is 0 Å². The quantitative estimate of drug-likeness (QED) is 0.853. The average molecular weight is 242 g/mol. The zero-order chi connectivity index (χ0) is 12.1. The molecule has 90 valence electrons. The van der Waals surface area contributed by atoms with Crippen molar-refractivity contribution in [3.63, 3.8) is 0 Å². The van der Waals surface area contributed by atoms with Crippen molar-refractivity contribution >= 4 is 11.6 Å². The van der Waals surface area contributed by atoms with Crippen molar-refractivity contribution in [3.8, 4) is 5.75 Å². The third-order valence-electron chi connectivity index (χ3n) is 2.29. The maximum Gasteiger partial charge on any atom is 0.124 e. The molecule has 0 fully saturated rings. The Labute approximate surface area is 103 Å². The zero-order valence-electron chi connectivity index (χ0n) is 10.4. The smallest absolute Gasteiger partial charge is 0.124 e. The van der Waals surface area contributed by atoms with E-state index in [1.165, 1.54) is 0 Å². The predicted octanol–water partition coefficient (Wildman–Crippen LogP) is 3.41. The maximum atomic E-state index is 5.93. The molecule has 0 saturated heterocycles. The fraction of sp³-hybridized carbons (Fsp3) is 0.538. The van der Waals surface area contributed by atoms with Crippen LogP contribution in [-0.4, -0.2) is 18.7 Å². The van der Waals surface area contributed by atoms with Crippen molar-refractivity contribution in [2.45, 2.75) is 39.8 Å². The lowest BCUT2D eigenvalue weighted by molar-refractivity contribution is 0.212. The van der Waals surface area contributed by atoms with E-state index in [1.807, 2.05) is 25.1 Å². The number of hydrogen-bond acceptors (Lipinski definition) is 2. The number of ether oxygens (including phenoxy) is 1. The third-order valence-corrected chi connectivity index (χ3v) is 2.53. The molecule has 0 aliphatic rings. The molecule has 1 aromatic rings. The average Bonchev–Trinajstić information content (AvgIpc) is 2.20. The number of nitrogens with one attached hydrogen (secondary N) is 1. The summed E-state index contributed by atoms with van der Waals surface area (Å²) in [4.78, 5) is 0. The summed E-state index contributed by atoms with van der Waals surface area (Å²) in [5.41, 5.74) is 1.11. The molecule has 1 atom stereocenters. The summed E-state index contributed by atoms with van der Waals surface area (Å²) in [5.74, 6) is 0.866. The Morgan fingerprint density at radius 1 is 1.31 bits per heavy atom. The second kappa shape index (κ2) is 6.12. The van der Waals surface area contributed by atoms with Gasteiger partial charge in [-0.25, -0.2) is 0 Å². The molecule has 1 unspecified atom stereocenters. The minimum atomic E-state index is 0.138. The molecule has 0 heterocycles. The van der Waals surface area contributed by atoms with Crippen LogP contribution >= 0.6 is 11.6 Å². The van der Waals surface area contributed by atoms with E-state index in [0.29, 0.717) is 11.1 Å². The lowest BCUT2D eigenvalue weighted by Gasteiger charge is -2.18. The van der Waals surface area contributed by atoms with Gasteiger partial charge in [0.25, 0.3) is 0 Å². The fourth-order valence-electron chi connectivity index (χ4n) is 1.36. The fourth-order valence-corrected chi connectivity index (χ4v) is 1.52. The Balaban J connectivity index is 2.55. The summed E-state index contributed by atoms with van der Waals surface area (Å²) in [5, 5.41) is 4.05.